The van der Waals surface area contributed by atoms with Crippen LogP contribution in [0.4, 0.5) is 0 Å². The van der Waals surface area contributed by atoms with E-state index in [9.17, 15) is 14.4 Å². The predicted octanol–water partition coefficient (Wildman–Crippen LogP) is 7.17. The molecule has 0 amide bonds. The van der Waals surface area contributed by atoms with Crippen molar-refractivity contribution in [2.75, 3.05) is 13.6 Å². The van der Waals surface area contributed by atoms with Gasteiger partial charge in [-0.25, -0.2) is 0 Å². The summed E-state index contributed by atoms with van der Waals surface area (Å²) in [6.45, 7) is 16.1. The van der Waals surface area contributed by atoms with Crippen molar-refractivity contribution in [1.82, 2.24) is 0 Å². The normalized spacial score (nSPS) is 11.9. The van der Waals surface area contributed by atoms with Gasteiger partial charge in [0.2, 0.25) is 13.6 Å². The van der Waals surface area contributed by atoms with E-state index in [4.69, 9.17) is 23.7 Å². The highest BCUT2D eigenvalue weighted by Crippen LogP contribution is 2.32. The third-order valence-corrected chi connectivity index (χ3v) is 5.67. The zero-order valence-corrected chi connectivity index (χ0v) is 25.8. The van der Waals surface area contributed by atoms with Gasteiger partial charge in [0.1, 0.15) is 17.2 Å². The SMILES string of the molecule is CCCc1cc(/C=C/C(=O)c2ccc(OCOC(=O)C(C)(C)C)cc2)c(OC(C)C)cc1OCOC(=O)C(C)(C)C. The lowest BCUT2D eigenvalue weighted by Gasteiger charge is -2.19. The van der Waals surface area contributed by atoms with E-state index < -0.39 is 10.8 Å². The molecule has 0 fully saturated rings. The molecule has 0 radical (unpaired) electrons. The van der Waals surface area contributed by atoms with Gasteiger partial charge in [-0.2, -0.15) is 0 Å². The number of rotatable bonds is 13. The third kappa shape index (κ3) is 10.9. The molecule has 0 aliphatic heterocycles. The van der Waals surface area contributed by atoms with Gasteiger partial charge >= 0.3 is 11.9 Å². The number of hydrogen-bond acceptors (Lipinski definition) is 8. The Balaban J connectivity index is 2.17. The van der Waals surface area contributed by atoms with Crippen LogP contribution in [0, 0.1) is 10.8 Å². The van der Waals surface area contributed by atoms with Crippen molar-refractivity contribution in [2.24, 2.45) is 10.8 Å². The quantitative estimate of drug-likeness (QED) is 0.109. The Bertz CT molecular complexity index is 1210. The van der Waals surface area contributed by atoms with E-state index in [0.29, 0.717) is 22.8 Å². The summed E-state index contributed by atoms with van der Waals surface area (Å²) in [4.78, 5) is 36.9. The molecule has 0 unspecified atom stereocenters. The van der Waals surface area contributed by atoms with Crippen molar-refractivity contribution in [2.45, 2.75) is 81.3 Å². The second kappa shape index (κ2) is 14.7. The lowest BCUT2D eigenvalue weighted by Crippen LogP contribution is -2.24. The molecule has 0 saturated heterocycles. The van der Waals surface area contributed by atoms with E-state index in [2.05, 4.69) is 6.92 Å². The molecule has 2 aromatic rings. The molecular weight excluding hydrogens is 524 g/mol. The van der Waals surface area contributed by atoms with Crippen LogP contribution >= 0.6 is 0 Å². The summed E-state index contributed by atoms with van der Waals surface area (Å²) in [6.07, 6.45) is 4.70. The van der Waals surface area contributed by atoms with Crippen LogP contribution in [0.2, 0.25) is 0 Å². The van der Waals surface area contributed by atoms with Gasteiger partial charge in [-0.3, -0.25) is 14.4 Å². The Morgan fingerprint density at radius 2 is 1.37 bits per heavy atom. The number of ketones is 1. The first-order valence-corrected chi connectivity index (χ1v) is 13.9. The minimum absolute atomic E-state index is 0.114. The average Bonchev–Trinajstić information content (AvgIpc) is 2.87. The van der Waals surface area contributed by atoms with E-state index in [1.54, 1.807) is 78.0 Å². The van der Waals surface area contributed by atoms with Crippen LogP contribution in [0.5, 0.6) is 17.2 Å². The lowest BCUT2D eigenvalue weighted by molar-refractivity contribution is -0.160. The largest absolute Gasteiger partial charge is 0.490 e. The fourth-order valence-corrected chi connectivity index (χ4v) is 3.42. The maximum absolute atomic E-state index is 12.9. The number of aryl methyl sites for hydroxylation is 1. The molecule has 0 aliphatic rings. The van der Waals surface area contributed by atoms with Gasteiger partial charge in [-0.15, -0.1) is 0 Å². The van der Waals surface area contributed by atoms with Gasteiger partial charge in [0.15, 0.2) is 5.78 Å². The summed E-state index contributed by atoms with van der Waals surface area (Å²) in [6, 6.07) is 10.3. The van der Waals surface area contributed by atoms with Crippen molar-refractivity contribution in [3.05, 3.63) is 59.2 Å². The molecule has 0 atom stereocenters. The van der Waals surface area contributed by atoms with Crippen molar-refractivity contribution in [3.63, 3.8) is 0 Å². The fourth-order valence-electron chi connectivity index (χ4n) is 3.42. The molecule has 0 heterocycles. The van der Waals surface area contributed by atoms with Crippen molar-refractivity contribution in [1.29, 1.82) is 0 Å². The van der Waals surface area contributed by atoms with Crippen LogP contribution in [0.3, 0.4) is 0 Å². The van der Waals surface area contributed by atoms with Crippen molar-refractivity contribution in [3.8, 4) is 17.2 Å². The van der Waals surface area contributed by atoms with Gasteiger partial charge in [0.25, 0.3) is 0 Å². The second-order valence-corrected chi connectivity index (χ2v) is 12.0. The Morgan fingerprint density at radius 1 is 0.805 bits per heavy atom. The number of allylic oxidation sites excluding steroid dienone is 1. The van der Waals surface area contributed by atoms with E-state index >= 15 is 0 Å². The Kier molecular flexibility index (Phi) is 12.0. The number of esters is 2. The summed E-state index contributed by atoms with van der Waals surface area (Å²) in [7, 11) is 0. The number of hydrogen-bond donors (Lipinski definition) is 0. The van der Waals surface area contributed by atoms with E-state index in [0.717, 1.165) is 24.0 Å². The Labute approximate surface area is 244 Å². The van der Waals surface area contributed by atoms with Gasteiger partial charge in [0, 0.05) is 17.2 Å². The summed E-state index contributed by atoms with van der Waals surface area (Å²) in [5.74, 6) is 0.687. The number of ether oxygens (including phenoxy) is 5. The maximum Gasteiger partial charge on any atom is 0.314 e. The lowest BCUT2D eigenvalue weighted by atomic mass is 9.97. The summed E-state index contributed by atoms with van der Waals surface area (Å²) < 4.78 is 27.7. The highest BCUT2D eigenvalue weighted by atomic mass is 16.7. The minimum atomic E-state index is -0.628. The Hall–Kier alpha value is -3.81. The smallest absolute Gasteiger partial charge is 0.314 e. The zero-order valence-electron chi connectivity index (χ0n) is 25.8. The van der Waals surface area contributed by atoms with Gasteiger partial charge < -0.3 is 23.7 Å². The van der Waals surface area contributed by atoms with E-state index in [-0.39, 0.29) is 37.4 Å². The molecule has 0 bridgehead atoms. The van der Waals surface area contributed by atoms with Crippen molar-refractivity contribution >= 4 is 23.8 Å². The Morgan fingerprint density at radius 3 is 1.88 bits per heavy atom. The topological polar surface area (TPSA) is 97.4 Å². The molecule has 2 aromatic carbocycles. The van der Waals surface area contributed by atoms with Crippen LogP contribution in [0.15, 0.2) is 42.5 Å². The van der Waals surface area contributed by atoms with Crippen LogP contribution in [-0.2, 0) is 25.5 Å². The molecular formula is C33H44O8. The standard InChI is InChI=1S/C33H44O8/c1-10-11-24-18-25(29(41-22(2)3)19-28(24)38-21-40-31(36)33(7,8)9)14-17-27(34)23-12-15-26(16-13-23)37-20-39-30(35)32(4,5)6/h12-19,22H,10-11,20-21H2,1-9H3/b17-14+. The van der Waals surface area contributed by atoms with Crippen LogP contribution in [-0.4, -0.2) is 37.4 Å². The molecule has 41 heavy (non-hydrogen) atoms. The van der Waals surface area contributed by atoms with Crippen LogP contribution < -0.4 is 14.2 Å². The molecule has 0 N–H and O–H groups in total. The molecule has 224 valence electrons. The number of benzene rings is 2. The molecule has 8 nitrogen and oxygen atoms in total. The van der Waals surface area contributed by atoms with Crippen LogP contribution in [0.25, 0.3) is 6.08 Å². The molecule has 0 aromatic heterocycles. The maximum atomic E-state index is 12.9. The first-order chi connectivity index (χ1) is 19.1. The third-order valence-electron chi connectivity index (χ3n) is 5.67. The van der Waals surface area contributed by atoms with Gasteiger partial charge in [0.05, 0.1) is 16.9 Å². The first-order valence-electron chi connectivity index (χ1n) is 13.9. The summed E-state index contributed by atoms with van der Waals surface area (Å²) >= 11 is 0. The highest BCUT2D eigenvalue weighted by molar-refractivity contribution is 6.07. The second-order valence-electron chi connectivity index (χ2n) is 12.0. The monoisotopic (exact) mass is 568 g/mol. The van der Waals surface area contributed by atoms with Crippen LogP contribution in [0.1, 0.15) is 90.2 Å². The average molecular weight is 569 g/mol. The molecule has 0 spiro atoms. The zero-order chi connectivity index (χ0) is 30.8. The molecule has 8 heteroatoms. The fraction of sp³-hybridized carbons (Fsp3) is 0.485. The van der Waals surface area contributed by atoms with Gasteiger partial charge in [-0.05, 0) is 110 Å². The summed E-state index contributed by atoms with van der Waals surface area (Å²) in [5, 5.41) is 0. The van der Waals surface area contributed by atoms with Gasteiger partial charge in [-0.1, -0.05) is 13.3 Å². The highest BCUT2D eigenvalue weighted by Gasteiger charge is 2.24. The number of carbonyl (C=O) groups is 3. The molecule has 0 aliphatic carbocycles. The first kappa shape index (κ1) is 33.4. The minimum Gasteiger partial charge on any atom is -0.490 e. The molecule has 0 saturated carbocycles. The summed E-state index contributed by atoms with van der Waals surface area (Å²) in [5.41, 5.74) is 0.876. The van der Waals surface area contributed by atoms with E-state index in [1.165, 1.54) is 6.08 Å². The predicted molar refractivity (Wildman–Crippen MR) is 158 cm³/mol. The molecule has 2 rings (SSSR count). The van der Waals surface area contributed by atoms with E-state index in [1.807, 2.05) is 19.9 Å². The van der Waals surface area contributed by atoms with Crippen molar-refractivity contribution < 1.29 is 38.1 Å². The number of carbonyl (C=O) groups excluding carboxylic acids is 3.